The van der Waals surface area contributed by atoms with Crippen molar-refractivity contribution in [3.8, 4) is 0 Å². The number of hydrogen-bond donors (Lipinski definition) is 1. The Morgan fingerprint density at radius 3 is 2.43 bits per heavy atom. The first-order valence-corrected chi connectivity index (χ1v) is 8.27. The third-order valence-corrected chi connectivity index (χ3v) is 4.48. The van der Waals surface area contributed by atoms with E-state index in [1.807, 2.05) is 0 Å². The van der Waals surface area contributed by atoms with Crippen molar-refractivity contribution < 1.29 is 32.1 Å². The molecule has 0 aromatic heterocycles. The highest BCUT2D eigenvalue weighted by molar-refractivity contribution is 5.87. The van der Waals surface area contributed by atoms with Gasteiger partial charge in [0.25, 0.3) is 0 Å². The van der Waals surface area contributed by atoms with Gasteiger partial charge in [0.2, 0.25) is 17.6 Å². The molecule has 152 valence electrons. The normalized spacial score (nSPS) is 16.4. The molecule has 1 atom stereocenters. The van der Waals surface area contributed by atoms with E-state index in [4.69, 9.17) is 0 Å². The van der Waals surface area contributed by atoms with Crippen LogP contribution in [0.4, 0.5) is 23.2 Å². The van der Waals surface area contributed by atoms with E-state index in [-0.39, 0.29) is 31.8 Å². The smallest absolute Gasteiger partial charge is 0.340 e. The van der Waals surface area contributed by atoms with Gasteiger partial charge in [-0.05, 0) is 18.9 Å². The zero-order valence-corrected chi connectivity index (χ0v) is 14.5. The van der Waals surface area contributed by atoms with Crippen LogP contribution in [0.3, 0.4) is 0 Å². The van der Waals surface area contributed by atoms with Crippen LogP contribution in [0.2, 0.25) is 0 Å². The van der Waals surface area contributed by atoms with Crippen molar-refractivity contribution in [1.82, 2.24) is 10.2 Å². The van der Waals surface area contributed by atoms with Crippen LogP contribution < -0.4 is 5.32 Å². The second kappa shape index (κ2) is 8.36. The Morgan fingerprint density at radius 2 is 1.93 bits per heavy atom. The summed E-state index contributed by atoms with van der Waals surface area (Å²) >= 11 is 0. The Kier molecular flexibility index (Phi) is 6.37. The van der Waals surface area contributed by atoms with Gasteiger partial charge in [-0.1, -0.05) is 18.7 Å². The number of nitro groups is 1. The molecule has 2 rings (SSSR count). The number of alkyl halides is 3. The fourth-order valence-electron chi connectivity index (χ4n) is 2.99. The topological polar surface area (TPSA) is 92.6 Å². The first kappa shape index (κ1) is 21.3. The summed E-state index contributed by atoms with van der Waals surface area (Å²) < 4.78 is 54.6. The highest BCUT2D eigenvalue weighted by atomic mass is 19.4. The molecule has 1 aliphatic heterocycles. The van der Waals surface area contributed by atoms with Crippen LogP contribution in [0.5, 0.6) is 0 Å². The average Bonchev–Trinajstić information content (AvgIpc) is 2.64. The molecule has 1 aromatic rings. The van der Waals surface area contributed by atoms with Crippen molar-refractivity contribution in [1.29, 1.82) is 0 Å². The lowest BCUT2D eigenvalue weighted by Gasteiger charge is -2.32. The number of carbonyl (C=O) groups is 2. The van der Waals surface area contributed by atoms with Crippen LogP contribution >= 0.6 is 0 Å². The van der Waals surface area contributed by atoms with Crippen LogP contribution in [-0.2, 0) is 9.59 Å². The summed E-state index contributed by atoms with van der Waals surface area (Å²) in [4.78, 5) is 34.9. The van der Waals surface area contributed by atoms with Crippen LogP contribution in [-0.4, -0.2) is 40.9 Å². The Bertz CT molecular complexity index is 789. The average molecular weight is 403 g/mol. The number of halogens is 4. The largest absolute Gasteiger partial charge is 0.412 e. The molecule has 2 amide bonds. The number of nitro benzene ring substituents is 1. The van der Waals surface area contributed by atoms with Gasteiger partial charge in [0.15, 0.2) is 6.04 Å². The Labute approximate surface area is 157 Å². The first-order valence-electron chi connectivity index (χ1n) is 8.27. The second-order valence-corrected chi connectivity index (χ2v) is 6.22. The van der Waals surface area contributed by atoms with Crippen LogP contribution in [0.1, 0.15) is 24.4 Å². The standard InChI is InChI=1S/C17H17F4N3O4/c1-2-13(25)23-8-6-10(7-9-23)16(26)22-15(17(19,20)21)11-4-3-5-12(14(11)18)24(27)28/h2-5,10,15H,1,6-9H2,(H,22,26). The quantitative estimate of drug-likeness (QED) is 0.354. The summed E-state index contributed by atoms with van der Waals surface area (Å²) in [5, 5.41) is 12.5. The molecule has 0 bridgehead atoms. The number of nitrogens with zero attached hydrogens (tertiary/aromatic N) is 2. The van der Waals surface area contributed by atoms with Gasteiger partial charge in [0.05, 0.1) is 4.92 Å². The molecule has 1 aliphatic rings. The van der Waals surface area contributed by atoms with E-state index >= 15 is 0 Å². The van der Waals surface area contributed by atoms with Crippen molar-refractivity contribution >= 4 is 17.5 Å². The Hall–Kier alpha value is -2.98. The minimum absolute atomic E-state index is 0.132. The fourth-order valence-corrected chi connectivity index (χ4v) is 2.99. The van der Waals surface area contributed by atoms with E-state index in [1.54, 1.807) is 5.32 Å². The monoisotopic (exact) mass is 403 g/mol. The Balaban J connectivity index is 2.20. The lowest BCUT2D eigenvalue weighted by atomic mass is 9.94. The molecule has 1 heterocycles. The highest BCUT2D eigenvalue weighted by Gasteiger charge is 2.45. The molecule has 7 nitrogen and oxygen atoms in total. The number of nitrogens with one attached hydrogen (secondary N) is 1. The van der Waals surface area contributed by atoms with Gasteiger partial charge in [0.1, 0.15) is 0 Å². The SMILES string of the molecule is C=CC(=O)N1CCC(C(=O)NC(c2cccc([N+](=O)[O-])c2F)C(F)(F)F)CC1. The number of hydrogen-bond acceptors (Lipinski definition) is 4. The first-order chi connectivity index (χ1) is 13.1. The molecule has 0 saturated carbocycles. The molecule has 1 N–H and O–H groups in total. The van der Waals surface area contributed by atoms with Crippen molar-refractivity contribution in [2.45, 2.75) is 25.1 Å². The van der Waals surface area contributed by atoms with Crippen LogP contribution in [0, 0.1) is 21.8 Å². The third-order valence-electron chi connectivity index (χ3n) is 4.48. The third kappa shape index (κ3) is 4.65. The second-order valence-electron chi connectivity index (χ2n) is 6.22. The van der Waals surface area contributed by atoms with E-state index in [2.05, 4.69) is 6.58 Å². The number of likely N-dealkylation sites (tertiary alicyclic amines) is 1. The number of piperidine rings is 1. The summed E-state index contributed by atoms with van der Waals surface area (Å²) in [6.07, 6.45) is -3.70. The van der Waals surface area contributed by atoms with Crippen molar-refractivity contribution in [3.05, 3.63) is 52.3 Å². The van der Waals surface area contributed by atoms with Gasteiger partial charge in [-0.15, -0.1) is 0 Å². The molecule has 1 fully saturated rings. The van der Waals surface area contributed by atoms with E-state index in [0.717, 1.165) is 24.3 Å². The summed E-state index contributed by atoms with van der Waals surface area (Å²) in [5.74, 6) is -3.76. The molecular formula is C17H17F4N3O4. The van der Waals surface area contributed by atoms with E-state index in [1.165, 1.54) is 4.90 Å². The molecule has 1 saturated heterocycles. The zero-order valence-electron chi connectivity index (χ0n) is 14.5. The van der Waals surface area contributed by atoms with E-state index in [9.17, 15) is 37.3 Å². The van der Waals surface area contributed by atoms with E-state index in [0.29, 0.717) is 0 Å². The predicted octanol–water partition coefficient (Wildman–Crippen LogP) is 2.88. The lowest BCUT2D eigenvalue weighted by molar-refractivity contribution is -0.387. The summed E-state index contributed by atoms with van der Waals surface area (Å²) in [6.45, 7) is 3.68. The maximum absolute atomic E-state index is 14.2. The predicted molar refractivity (Wildman–Crippen MR) is 89.5 cm³/mol. The molecule has 28 heavy (non-hydrogen) atoms. The van der Waals surface area contributed by atoms with Gasteiger partial charge in [-0.2, -0.15) is 17.6 Å². The van der Waals surface area contributed by atoms with Gasteiger partial charge >= 0.3 is 11.9 Å². The maximum Gasteiger partial charge on any atom is 0.412 e. The lowest BCUT2D eigenvalue weighted by Crippen LogP contribution is -2.46. The van der Waals surface area contributed by atoms with Crippen molar-refractivity contribution in [2.24, 2.45) is 5.92 Å². The molecular weight excluding hydrogens is 386 g/mol. The minimum atomic E-state index is -5.06. The molecule has 0 aliphatic carbocycles. The molecule has 1 unspecified atom stereocenters. The maximum atomic E-state index is 14.2. The number of carbonyl (C=O) groups excluding carboxylic acids is 2. The zero-order chi connectivity index (χ0) is 21.1. The minimum Gasteiger partial charge on any atom is -0.340 e. The molecule has 11 heteroatoms. The summed E-state index contributed by atoms with van der Waals surface area (Å²) in [7, 11) is 0. The van der Waals surface area contributed by atoms with E-state index < -0.39 is 46.0 Å². The van der Waals surface area contributed by atoms with Crippen LogP contribution in [0.15, 0.2) is 30.9 Å². The highest BCUT2D eigenvalue weighted by Crippen LogP contribution is 2.36. The fraction of sp³-hybridized carbons (Fsp3) is 0.412. The number of amides is 2. The molecule has 0 radical (unpaired) electrons. The molecule has 0 spiro atoms. The van der Waals surface area contributed by atoms with Crippen LogP contribution in [0.25, 0.3) is 0 Å². The van der Waals surface area contributed by atoms with Crippen molar-refractivity contribution in [2.75, 3.05) is 13.1 Å². The van der Waals surface area contributed by atoms with Gasteiger partial charge in [-0.25, -0.2) is 0 Å². The Morgan fingerprint density at radius 1 is 1.32 bits per heavy atom. The number of rotatable bonds is 5. The molecule has 1 aromatic carbocycles. The summed E-state index contributed by atoms with van der Waals surface area (Å²) in [5.41, 5.74) is -2.15. The number of benzene rings is 1. The van der Waals surface area contributed by atoms with Crippen molar-refractivity contribution in [3.63, 3.8) is 0 Å². The summed E-state index contributed by atoms with van der Waals surface area (Å²) in [6, 6.07) is -0.333. The van der Waals surface area contributed by atoms with Gasteiger partial charge < -0.3 is 10.2 Å². The van der Waals surface area contributed by atoms with Gasteiger partial charge in [-0.3, -0.25) is 19.7 Å². The van der Waals surface area contributed by atoms with Gasteiger partial charge in [0, 0.05) is 30.6 Å².